The number of halogens is 1. The van der Waals surface area contributed by atoms with Gasteiger partial charge in [-0.15, -0.1) is 0 Å². The van der Waals surface area contributed by atoms with Crippen LogP contribution < -0.4 is 5.32 Å². The number of hydrogen-bond acceptors (Lipinski definition) is 5. The fourth-order valence-electron chi connectivity index (χ4n) is 3.86. The van der Waals surface area contributed by atoms with Gasteiger partial charge in [-0.05, 0) is 43.2 Å². The Bertz CT molecular complexity index is 1160. The van der Waals surface area contributed by atoms with E-state index in [0.717, 1.165) is 48.8 Å². The van der Waals surface area contributed by atoms with E-state index in [2.05, 4.69) is 20.3 Å². The summed E-state index contributed by atoms with van der Waals surface area (Å²) < 4.78 is 23.1. The predicted octanol–water partition coefficient (Wildman–Crippen LogP) is 3.93. The first-order valence-corrected chi connectivity index (χ1v) is 11.7. The van der Waals surface area contributed by atoms with Crippen molar-refractivity contribution in [3.63, 3.8) is 0 Å². The summed E-state index contributed by atoms with van der Waals surface area (Å²) >= 11 is 6.07. The van der Waals surface area contributed by atoms with E-state index in [0.29, 0.717) is 10.7 Å². The van der Waals surface area contributed by atoms with Crippen LogP contribution in [0.2, 0.25) is 5.02 Å². The number of imidazole rings is 1. The Morgan fingerprint density at radius 2 is 2.00 bits per heavy atom. The molecule has 2 aromatic heterocycles. The number of carbonyl (C=O) groups excluding carboxylic acids is 1. The van der Waals surface area contributed by atoms with Crippen molar-refractivity contribution < 1.29 is 13.2 Å². The van der Waals surface area contributed by atoms with Crippen LogP contribution in [0, 0.1) is 5.92 Å². The van der Waals surface area contributed by atoms with E-state index in [-0.39, 0.29) is 22.8 Å². The molecule has 2 heterocycles. The van der Waals surface area contributed by atoms with Crippen LogP contribution in [0.3, 0.4) is 0 Å². The molecule has 0 aliphatic heterocycles. The highest BCUT2D eigenvalue weighted by Crippen LogP contribution is 2.38. The number of carbonyl (C=O) groups is 1. The molecule has 0 unspecified atom stereocenters. The molecule has 2 N–H and O–H groups in total. The van der Waals surface area contributed by atoms with Crippen molar-refractivity contribution in [2.75, 3.05) is 11.6 Å². The van der Waals surface area contributed by atoms with E-state index >= 15 is 0 Å². The molecule has 1 saturated carbocycles. The van der Waals surface area contributed by atoms with Crippen molar-refractivity contribution in [1.29, 1.82) is 0 Å². The summed E-state index contributed by atoms with van der Waals surface area (Å²) in [6.07, 6.45) is 6.12. The standard InChI is InChI=1S/C20H21ClN4O3S/c1-29(27,28)18-9-7-13(11-22-18)23-20(26)15-5-3-2-4-14(15)19-24-16-8-6-12(21)10-17(16)25-19/h6-11,14-15H,2-5H2,1H3,(H,23,26)(H,24,25)/t14-,15-/m0/s1. The number of nitrogens with one attached hydrogen (secondary N) is 2. The van der Waals surface area contributed by atoms with Gasteiger partial charge in [-0.25, -0.2) is 18.4 Å². The van der Waals surface area contributed by atoms with Crippen molar-refractivity contribution in [2.24, 2.45) is 5.92 Å². The highest BCUT2D eigenvalue weighted by Gasteiger charge is 2.34. The van der Waals surface area contributed by atoms with Gasteiger partial charge in [0.2, 0.25) is 5.91 Å². The molecule has 2 atom stereocenters. The summed E-state index contributed by atoms with van der Waals surface area (Å²) in [6.45, 7) is 0. The van der Waals surface area contributed by atoms with Gasteiger partial charge in [0.1, 0.15) is 5.82 Å². The molecule has 1 aromatic carbocycles. The highest BCUT2D eigenvalue weighted by molar-refractivity contribution is 7.90. The molecule has 1 amide bonds. The molecule has 3 aromatic rings. The summed E-state index contributed by atoms with van der Waals surface area (Å²) in [5.74, 6) is 0.447. The Morgan fingerprint density at radius 3 is 2.72 bits per heavy atom. The zero-order valence-corrected chi connectivity index (χ0v) is 17.4. The van der Waals surface area contributed by atoms with Crippen molar-refractivity contribution in [3.05, 3.63) is 47.4 Å². The number of sulfone groups is 1. The normalized spacial score (nSPS) is 19.9. The highest BCUT2D eigenvalue weighted by atomic mass is 35.5. The second-order valence-electron chi connectivity index (χ2n) is 7.43. The molecule has 29 heavy (non-hydrogen) atoms. The number of hydrogen-bond donors (Lipinski definition) is 2. The van der Waals surface area contributed by atoms with Gasteiger partial charge in [-0.3, -0.25) is 4.79 Å². The lowest BCUT2D eigenvalue weighted by molar-refractivity contribution is -0.121. The topological polar surface area (TPSA) is 105 Å². The summed E-state index contributed by atoms with van der Waals surface area (Å²) in [4.78, 5) is 24.9. The van der Waals surface area contributed by atoms with Gasteiger partial charge in [-0.2, -0.15) is 0 Å². The minimum Gasteiger partial charge on any atom is -0.342 e. The van der Waals surface area contributed by atoms with E-state index in [1.807, 2.05) is 12.1 Å². The smallest absolute Gasteiger partial charge is 0.228 e. The monoisotopic (exact) mass is 432 g/mol. The maximum Gasteiger partial charge on any atom is 0.228 e. The number of fused-ring (bicyclic) bond motifs is 1. The molecule has 1 aliphatic carbocycles. The van der Waals surface area contributed by atoms with Crippen LogP contribution in [0.4, 0.5) is 5.69 Å². The Balaban J connectivity index is 1.55. The first-order chi connectivity index (χ1) is 13.8. The van der Waals surface area contributed by atoms with Crippen LogP contribution in [0.25, 0.3) is 11.0 Å². The van der Waals surface area contributed by atoms with Crippen molar-refractivity contribution in [3.8, 4) is 0 Å². The molecule has 0 spiro atoms. The van der Waals surface area contributed by atoms with Gasteiger partial charge in [0.05, 0.1) is 22.9 Å². The zero-order chi connectivity index (χ0) is 20.6. The maximum atomic E-state index is 13.0. The van der Waals surface area contributed by atoms with Gasteiger partial charge in [0.25, 0.3) is 0 Å². The van der Waals surface area contributed by atoms with E-state index in [9.17, 15) is 13.2 Å². The van der Waals surface area contributed by atoms with Crippen LogP contribution in [0.5, 0.6) is 0 Å². The molecule has 4 rings (SSSR count). The fraction of sp³-hybridized carbons (Fsp3) is 0.350. The van der Waals surface area contributed by atoms with E-state index in [4.69, 9.17) is 11.6 Å². The third kappa shape index (κ3) is 4.28. The van der Waals surface area contributed by atoms with E-state index in [1.165, 1.54) is 12.3 Å². The number of pyridine rings is 1. The third-order valence-electron chi connectivity index (χ3n) is 5.30. The SMILES string of the molecule is CS(=O)(=O)c1ccc(NC(=O)[C@H]2CCCC[C@@H]2c2nc3ccc(Cl)cc3[nH]2)cn1. The number of rotatable bonds is 4. The van der Waals surface area contributed by atoms with Gasteiger partial charge in [0.15, 0.2) is 14.9 Å². The molecule has 7 nitrogen and oxygen atoms in total. The molecule has 0 saturated heterocycles. The van der Waals surface area contributed by atoms with Crippen molar-refractivity contribution in [2.45, 2.75) is 36.6 Å². The maximum absolute atomic E-state index is 13.0. The number of amides is 1. The van der Waals surface area contributed by atoms with E-state index in [1.54, 1.807) is 12.1 Å². The lowest BCUT2D eigenvalue weighted by Gasteiger charge is -2.29. The minimum absolute atomic E-state index is 0.0156. The first-order valence-electron chi connectivity index (χ1n) is 9.43. The quantitative estimate of drug-likeness (QED) is 0.649. The Labute approximate surface area is 173 Å². The molecule has 1 fully saturated rings. The third-order valence-corrected chi connectivity index (χ3v) is 6.54. The molecule has 1 aliphatic rings. The van der Waals surface area contributed by atoms with Crippen LogP contribution >= 0.6 is 11.6 Å². The van der Waals surface area contributed by atoms with Crippen molar-refractivity contribution in [1.82, 2.24) is 15.0 Å². The van der Waals surface area contributed by atoms with E-state index < -0.39 is 9.84 Å². The number of nitrogens with zero attached hydrogens (tertiary/aromatic N) is 2. The minimum atomic E-state index is -3.37. The molecular formula is C20H21ClN4O3S. The summed E-state index contributed by atoms with van der Waals surface area (Å²) in [5.41, 5.74) is 2.16. The lowest BCUT2D eigenvalue weighted by atomic mass is 9.78. The van der Waals surface area contributed by atoms with Crippen LogP contribution in [0.15, 0.2) is 41.6 Å². The zero-order valence-electron chi connectivity index (χ0n) is 15.9. The van der Waals surface area contributed by atoms with Crippen molar-refractivity contribution >= 4 is 44.1 Å². The fourth-order valence-corrected chi connectivity index (χ4v) is 4.59. The largest absolute Gasteiger partial charge is 0.342 e. The Hall–Kier alpha value is -2.45. The molecule has 152 valence electrons. The number of H-pyrrole nitrogens is 1. The lowest BCUT2D eigenvalue weighted by Crippen LogP contribution is -2.31. The average molecular weight is 433 g/mol. The van der Waals surface area contributed by atoms with Gasteiger partial charge >= 0.3 is 0 Å². The average Bonchev–Trinajstić information content (AvgIpc) is 3.10. The number of aromatic nitrogens is 3. The first kappa shape index (κ1) is 19.8. The van der Waals surface area contributed by atoms with Crippen LogP contribution in [-0.4, -0.2) is 35.5 Å². The Kier molecular flexibility index (Phi) is 5.31. The number of anilines is 1. The molecular weight excluding hydrogens is 412 g/mol. The van der Waals surface area contributed by atoms with Gasteiger partial charge in [-0.1, -0.05) is 24.4 Å². The van der Waals surface area contributed by atoms with Gasteiger partial charge in [0, 0.05) is 23.1 Å². The second-order valence-corrected chi connectivity index (χ2v) is 9.83. The summed E-state index contributed by atoms with van der Waals surface area (Å²) in [6, 6.07) is 8.45. The Morgan fingerprint density at radius 1 is 1.21 bits per heavy atom. The van der Waals surface area contributed by atoms with Crippen LogP contribution in [0.1, 0.15) is 37.4 Å². The van der Waals surface area contributed by atoms with Gasteiger partial charge < -0.3 is 10.3 Å². The molecule has 9 heteroatoms. The summed E-state index contributed by atoms with van der Waals surface area (Å²) in [5, 5.41) is 3.49. The second kappa shape index (κ2) is 7.76. The number of aromatic amines is 1. The predicted molar refractivity (Wildman–Crippen MR) is 112 cm³/mol. The van der Waals surface area contributed by atoms with Crippen LogP contribution in [-0.2, 0) is 14.6 Å². The number of benzene rings is 1. The summed E-state index contributed by atoms with van der Waals surface area (Å²) in [7, 11) is -3.37. The molecule has 0 radical (unpaired) electrons. The molecule has 0 bridgehead atoms.